The topological polar surface area (TPSA) is 71.2 Å². The van der Waals surface area contributed by atoms with E-state index in [1.165, 1.54) is 11.3 Å². The predicted octanol–water partition coefficient (Wildman–Crippen LogP) is 2.35. The summed E-state index contributed by atoms with van der Waals surface area (Å²) in [6, 6.07) is 0. The molecule has 1 heterocycles. The van der Waals surface area contributed by atoms with Gasteiger partial charge in [0.15, 0.2) is 5.13 Å². The number of amides is 1. The lowest BCUT2D eigenvalue weighted by atomic mass is 9.97. The molecular formula is C13H24N4OS. The van der Waals surface area contributed by atoms with Gasteiger partial charge in [0.2, 0.25) is 0 Å². The van der Waals surface area contributed by atoms with Crippen molar-refractivity contribution in [1.82, 2.24) is 10.3 Å². The van der Waals surface area contributed by atoms with E-state index in [4.69, 9.17) is 5.73 Å². The molecule has 0 aliphatic rings. The molecule has 0 aliphatic heterocycles. The largest absolute Gasteiger partial charge is 0.382 e. The van der Waals surface area contributed by atoms with Gasteiger partial charge >= 0.3 is 0 Å². The minimum atomic E-state index is -0.136. The lowest BCUT2D eigenvalue weighted by molar-refractivity contribution is 0.0944. The fraction of sp³-hybridized carbons (Fsp3) is 0.692. The van der Waals surface area contributed by atoms with Crippen LogP contribution >= 0.6 is 11.3 Å². The molecular weight excluding hydrogens is 260 g/mol. The highest BCUT2D eigenvalue weighted by Gasteiger charge is 2.20. The molecule has 0 radical (unpaired) electrons. The van der Waals surface area contributed by atoms with Gasteiger partial charge < -0.3 is 16.0 Å². The number of carbonyl (C=O) groups excluding carboxylic acids is 1. The van der Waals surface area contributed by atoms with E-state index in [2.05, 4.69) is 49.8 Å². The van der Waals surface area contributed by atoms with Crippen LogP contribution in [0.15, 0.2) is 0 Å². The molecule has 1 aromatic rings. The van der Waals surface area contributed by atoms with E-state index in [0.29, 0.717) is 17.2 Å². The van der Waals surface area contributed by atoms with E-state index in [-0.39, 0.29) is 11.3 Å². The molecule has 0 aromatic carbocycles. The molecule has 0 atom stereocenters. The second-order valence-corrected chi connectivity index (χ2v) is 6.60. The fourth-order valence-electron chi connectivity index (χ4n) is 1.54. The van der Waals surface area contributed by atoms with Crippen molar-refractivity contribution >= 4 is 28.2 Å². The first-order valence-corrected chi connectivity index (χ1v) is 7.39. The number of nitrogens with two attached hydrogens (primary N) is 1. The van der Waals surface area contributed by atoms with Crippen LogP contribution in [0, 0.1) is 5.41 Å². The van der Waals surface area contributed by atoms with Crippen LogP contribution in [0.2, 0.25) is 0 Å². The Kier molecular flexibility index (Phi) is 5.17. The van der Waals surface area contributed by atoms with Gasteiger partial charge in [-0.15, -0.1) is 0 Å². The monoisotopic (exact) mass is 284 g/mol. The SMILES string of the molecule is CCN(CC)c1nc(N)c(C(=O)NCC(C)(C)C)s1. The summed E-state index contributed by atoms with van der Waals surface area (Å²) in [5, 5.41) is 3.71. The van der Waals surface area contributed by atoms with Crippen LogP contribution in [-0.2, 0) is 0 Å². The predicted molar refractivity (Wildman–Crippen MR) is 81.9 cm³/mol. The van der Waals surface area contributed by atoms with Gasteiger partial charge in [-0.05, 0) is 19.3 Å². The first-order valence-electron chi connectivity index (χ1n) is 6.58. The molecule has 0 saturated heterocycles. The zero-order valence-corrected chi connectivity index (χ0v) is 13.2. The molecule has 1 rings (SSSR count). The second-order valence-electron chi connectivity index (χ2n) is 5.63. The van der Waals surface area contributed by atoms with Crippen molar-refractivity contribution in [3.63, 3.8) is 0 Å². The van der Waals surface area contributed by atoms with Crippen LogP contribution in [0.5, 0.6) is 0 Å². The second kappa shape index (κ2) is 6.23. The highest BCUT2D eigenvalue weighted by atomic mass is 32.1. The Hall–Kier alpha value is -1.30. The Balaban J connectivity index is 2.81. The highest BCUT2D eigenvalue weighted by molar-refractivity contribution is 7.18. The number of nitrogens with one attached hydrogen (secondary N) is 1. The molecule has 0 aliphatic carbocycles. The van der Waals surface area contributed by atoms with Gasteiger partial charge in [0.05, 0.1) is 0 Å². The summed E-state index contributed by atoms with van der Waals surface area (Å²) in [4.78, 5) is 19.0. The maximum absolute atomic E-state index is 12.1. The zero-order chi connectivity index (χ0) is 14.6. The van der Waals surface area contributed by atoms with E-state index in [1.54, 1.807) is 0 Å². The number of hydrogen-bond acceptors (Lipinski definition) is 5. The van der Waals surface area contributed by atoms with E-state index in [9.17, 15) is 4.79 Å². The number of anilines is 2. The molecule has 19 heavy (non-hydrogen) atoms. The third-order valence-corrected chi connectivity index (χ3v) is 3.79. The first-order chi connectivity index (χ1) is 8.78. The molecule has 3 N–H and O–H groups in total. The van der Waals surface area contributed by atoms with Gasteiger partial charge in [-0.2, -0.15) is 0 Å². The Morgan fingerprint density at radius 3 is 2.42 bits per heavy atom. The Morgan fingerprint density at radius 1 is 1.37 bits per heavy atom. The summed E-state index contributed by atoms with van der Waals surface area (Å²) in [7, 11) is 0. The van der Waals surface area contributed by atoms with E-state index in [0.717, 1.165) is 18.2 Å². The van der Waals surface area contributed by atoms with Crippen LogP contribution in [0.25, 0.3) is 0 Å². The lowest BCUT2D eigenvalue weighted by Gasteiger charge is -2.18. The number of thiazole rings is 1. The van der Waals surface area contributed by atoms with E-state index < -0.39 is 0 Å². The smallest absolute Gasteiger partial charge is 0.265 e. The standard InChI is InChI=1S/C13H24N4OS/c1-6-17(7-2)12-16-10(14)9(19-12)11(18)15-8-13(3,4)5/h6-8,14H2,1-5H3,(H,15,18). The van der Waals surface area contributed by atoms with Gasteiger partial charge in [0, 0.05) is 19.6 Å². The highest BCUT2D eigenvalue weighted by Crippen LogP contribution is 2.28. The quantitative estimate of drug-likeness (QED) is 0.870. The van der Waals surface area contributed by atoms with Gasteiger partial charge in [0.1, 0.15) is 10.7 Å². The molecule has 108 valence electrons. The van der Waals surface area contributed by atoms with Crippen LogP contribution in [0.1, 0.15) is 44.3 Å². The minimum Gasteiger partial charge on any atom is -0.382 e. The molecule has 1 amide bonds. The maximum atomic E-state index is 12.1. The minimum absolute atomic E-state index is 0.0524. The van der Waals surface area contributed by atoms with Crippen molar-refractivity contribution in [3.8, 4) is 0 Å². The van der Waals surface area contributed by atoms with Crippen molar-refractivity contribution in [1.29, 1.82) is 0 Å². The van der Waals surface area contributed by atoms with Gasteiger partial charge in [-0.3, -0.25) is 4.79 Å². The summed E-state index contributed by atoms with van der Waals surface area (Å²) in [6.07, 6.45) is 0. The third kappa shape index (κ3) is 4.38. The molecule has 5 nitrogen and oxygen atoms in total. The molecule has 0 spiro atoms. The zero-order valence-electron chi connectivity index (χ0n) is 12.4. The van der Waals surface area contributed by atoms with Crippen LogP contribution < -0.4 is 16.0 Å². The summed E-state index contributed by atoms with van der Waals surface area (Å²) < 4.78 is 0. The van der Waals surface area contributed by atoms with Crippen LogP contribution in [0.3, 0.4) is 0 Å². The van der Waals surface area contributed by atoms with E-state index in [1.807, 2.05) is 0 Å². The van der Waals surface area contributed by atoms with Gasteiger partial charge in [0.25, 0.3) is 5.91 Å². The number of hydrogen-bond donors (Lipinski definition) is 2. The Labute approximate surface area is 119 Å². The summed E-state index contributed by atoms with van der Waals surface area (Å²) >= 11 is 1.35. The van der Waals surface area contributed by atoms with Gasteiger partial charge in [-0.25, -0.2) is 4.98 Å². The van der Waals surface area contributed by atoms with Crippen molar-refractivity contribution in [2.45, 2.75) is 34.6 Å². The van der Waals surface area contributed by atoms with Crippen LogP contribution in [0.4, 0.5) is 10.9 Å². The molecule has 0 fully saturated rings. The summed E-state index contributed by atoms with van der Waals surface area (Å²) in [6.45, 7) is 12.7. The first kappa shape index (κ1) is 15.8. The van der Waals surface area contributed by atoms with E-state index >= 15 is 0 Å². The molecule has 1 aromatic heterocycles. The Morgan fingerprint density at radius 2 is 1.95 bits per heavy atom. The average molecular weight is 284 g/mol. The lowest BCUT2D eigenvalue weighted by Crippen LogP contribution is -2.32. The number of carbonyl (C=O) groups is 1. The fourth-order valence-corrected chi connectivity index (χ4v) is 2.57. The van der Waals surface area contributed by atoms with Gasteiger partial charge in [-0.1, -0.05) is 32.1 Å². The van der Waals surface area contributed by atoms with Crippen molar-refractivity contribution < 1.29 is 4.79 Å². The third-order valence-electron chi connectivity index (χ3n) is 2.66. The maximum Gasteiger partial charge on any atom is 0.265 e. The number of aromatic nitrogens is 1. The van der Waals surface area contributed by atoms with Crippen molar-refractivity contribution in [2.24, 2.45) is 5.41 Å². The number of nitrogen functional groups attached to an aromatic ring is 1. The molecule has 0 bridgehead atoms. The summed E-state index contributed by atoms with van der Waals surface area (Å²) in [5.41, 5.74) is 5.89. The normalized spacial score (nSPS) is 11.4. The average Bonchev–Trinajstić information content (AvgIpc) is 2.69. The number of rotatable bonds is 5. The van der Waals surface area contributed by atoms with Crippen molar-refractivity contribution in [3.05, 3.63) is 4.88 Å². The Bertz CT molecular complexity index is 432. The molecule has 6 heteroatoms. The summed E-state index contributed by atoms with van der Waals surface area (Å²) in [5.74, 6) is 0.182. The van der Waals surface area contributed by atoms with Crippen LogP contribution in [-0.4, -0.2) is 30.5 Å². The number of nitrogens with zero attached hydrogens (tertiary/aromatic N) is 2. The molecule has 0 saturated carbocycles. The van der Waals surface area contributed by atoms with Crippen molar-refractivity contribution in [2.75, 3.05) is 30.3 Å². The molecule has 0 unspecified atom stereocenters.